The van der Waals surface area contributed by atoms with E-state index in [1.54, 1.807) is 6.07 Å². The summed E-state index contributed by atoms with van der Waals surface area (Å²) in [5, 5.41) is 7.21. The molecule has 0 saturated heterocycles. The third-order valence-electron chi connectivity index (χ3n) is 3.90. The van der Waals surface area contributed by atoms with Crippen LogP contribution in [0, 0.1) is 0 Å². The summed E-state index contributed by atoms with van der Waals surface area (Å²) in [6.45, 7) is 2.93. The van der Waals surface area contributed by atoms with Gasteiger partial charge >= 0.3 is 0 Å². The van der Waals surface area contributed by atoms with E-state index in [4.69, 9.17) is 9.47 Å². The molecule has 0 aliphatic rings. The summed E-state index contributed by atoms with van der Waals surface area (Å²) in [4.78, 5) is 12.0. The molecule has 0 bridgehead atoms. The van der Waals surface area contributed by atoms with Crippen LogP contribution >= 0.6 is 0 Å². The van der Waals surface area contributed by atoms with Gasteiger partial charge in [0, 0.05) is 12.7 Å². The predicted molar refractivity (Wildman–Crippen MR) is 103 cm³/mol. The van der Waals surface area contributed by atoms with Gasteiger partial charge in [0.25, 0.3) is 5.91 Å². The monoisotopic (exact) mass is 365 g/mol. The fourth-order valence-corrected chi connectivity index (χ4v) is 2.60. The van der Waals surface area contributed by atoms with Gasteiger partial charge < -0.3 is 14.8 Å². The number of ether oxygens (including phenoxy) is 2. The molecule has 0 saturated carbocycles. The van der Waals surface area contributed by atoms with Crippen LogP contribution < -0.4 is 14.8 Å². The highest BCUT2D eigenvalue weighted by Crippen LogP contribution is 2.26. The Morgan fingerprint density at radius 2 is 1.74 bits per heavy atom. The molecular formula is C21H23N3O3. The Kier molecular flexibility index (Phi) is 6.46. The fourth-order valence-electron chi connectivity index (χ4n) is 2.60. The van der Waals surface area contributed by atoms with Crippen molar-refractivity contribution >= 4 is 5.91 Å². The molecule has 0 radical (unpaired) electrons. The zero-order valence-corrected chi connectivity index (χ0v) is 15.3. The molecule has 1 heterocycles. The van der Waals surface area contributed by atoms with Crippen molar-refractivity contribution in [2.45, 2.75) is 13.3 Å². The van der Waals surface area contributed by atoms with Gasteiger partial charge in [-0.15, -0.1) is 0 Å². The van der Waals surface area contributed by atoms with Gasteiger partial charge in [-0.1, -0.05) is 30.3 Å². The zero-order valence-electron chi connectivity index (χ0n) is 15.3. The molecule has 0 unspecified atom stereocenters. The van der Waals surface area contributed by atoms with E-state index in [9.17, 15) is 4.79 Å². The summed E-state index contributed by atoms with van der Waals surface area (Å²) in [5.41, 5.74) is 2.07. The van der Waals surface area contributed by atoms with E-state index in [-0.39, 0.29) is 12.5 Å². The van der Waals surface area contributed by atoms with Crippen LogP contribution in [0.2, 0.25) is 0 Å². The van der Waals surface area contributed by atoms with E-state index in [1.807, 2.05) is 72.5 Å². The quantitative estimate of drug-likeness (QED) is 0.633. The molecule has 1 aromatic heterocycles. The Bertz CT molecular complexity index is 862. The smallest absolute Gasteiger partial charge is 0.257 e. The van der Waals surface area contributed by atoms with Crippen molar-refractivity contribution in [1.82, 2.24) is 15.1 Å². The fraction of sp³-hybridized carbons (Fsp3) is 0.238. The maximum absolute atomic E-state index is 12.0. The number of nitrogens with one attached hydrogen (secondary N) is 1. The van der Waals surface area contributed by atoms with Crippen LogP contribution in [0.4, 0.5) is 0 Å². The molecule has 6 heteroatoms. The molecule has 3 rings (SSSR count). The van der Waals surface area contributed by atoms with Gasteiger partial charge in [0.05, 0.1) is 18.5 Å². The van der Waals surface area contributed by atoms with Crippen LogP contribution in [0.15, 0.2) is 67.0 Å². The largest absolute Gasteiger partial charge is 0.490 e. The average molecular weight is 365 g/mol. The van der Waals surface area contributed by atoms with E-state index in [0.717, 1.165) is 11.3 Å². The lowest BCUT2D eigenvalue weighted by atomic mass is 10.2. The van der Waals surface area contributed by atoms with E-state index >= 15 is 0 Å². The van der Waals surface area contributed by atoms with Crippen molar-refractivity contribution in [2.75, 3.05) is 19.8 Å². The van der Waals surface area contributed by atoms with Crippen LogP contribution in [0.25, 0.3) is 5.69 Å². The lowest BCUT2D eigenvalue weighted by molar-refractivity contribution is -0.123. The summed E-state index contributed by atoms with van der Waals surface area (Å²) in [6, 6.07) is 17.2. The molecule has 6 nitrogen and oxygen atoms in total. The summed E-state index contributed by atoms with van der Waals surface area (Å²) in [7, 11) is 0. The maximum atomic E-state index is 12.0. The highest BCUT2D eigenvalue weighted by atomic mass is 16.5. The topological polar surface area (TPSA) is 65.4 Å². The summed E-state index contributed by atoms with van der Waals surface area (Å²) < 4.78 is 12.9. The number of hydrogen-bond donors (Lipinski definition) is 1. The van der Waals surface area contributed by atoms with Gasteiger partial charge in [-0.25, -0.2) is 4.68 Å². The van der Waals surface area contributed by atoms with Crippen molar-refractivity contribution in [3.63, 3.8) is 0 Å². The Morgan fingerprint density at radius 1 is 1.04 bits per heavy atom. The van der Waals surface area contributed by atoms with Gasteiger partial charge in [0.1, 0.15) is 0 Å². The number of rotatable bonds is 9. The van der Waals surface area contributed by atoms with E-state index in [2.05, 4.69) is 10.4 Å². The number of para-hydroxylation sites is 3. The number of aromatic nitrogens is 2. The summed E-state index contributed by atoms with van der Waals surface area (Å²) in [6.07, 6.45) is 4.48. The molecule has 27 heavy (non-hydrogen) atoms. The second-order valence-corrected chi connectivity index (χ2v) is 5.90. The Morgan fingerprint density at radius 3 is 2.48 bits per heavy atom. The Balaban J connectivity index is 1.43. The second kappa shape index (κ2) is 9.43. The van der Waals surface area contributed by atoms with E-state index in [0.29, 0.717) is 31.1 Å². The van der Waals surface area contributed by atoms with Crippen molar-refractivity contribution < 1.29 is 14.3 Å². The van der Waals surface area contributed by atoms with Crippen molar-refractivity contribution in [3.05, 3.63) is 72.6 Å². The Hall–Kier alpha value is -3.28. The molecule has 1 N–H and O–H groups in total. The molecule has 3 aromatic rings. The molecule has 0 spiro atoms. The standard InChI is InChI=1S/C21H23N3O3/c1-2-26-19-10-6-7-11-20(19)27-16-21(25)22-13-12-17-14-23-24(15-17)18-8-4-3-5-9-18/h3-11,14-15H,2,12-13,16H2,1H3,(H,22,25). The number of carbonyl (C=O) groups excluding carboxylic acids is 1. The number of carbonyl (C=O) groups is 1. The first-order valence-electron chi connectivity index (χ1n) is 8.96. The molecular weight excluding hydrogens is 342 g/mol. The second-order valence-electron chi connectivity index (χ2n) is 5.90. The minimum atomic E-state index is -0.170. The van der Waals surface area contributed by atoms with Crippen LogP contribution in [0.3, 0.4) is 0 Å². The summed E-state index contributed by atoms with van der Waals surface area (Å²) in [5.74, 6) is 1.04. The molecule has 140 valence electrons. The highest BCUT2D eigenvalue weighted by Gasteiger charge is 2.07. The molecule has 0 atom stereocenters. The third-order valence-corrected chi connectivity index (χ3v) is 3.90. The number of amides is 1. The van der Waals surface area contributed by atoms with Gasteiger partial charge in [0.2, 0.25) is 0 Å². The van der Waals surface area contributed by atoms with E-state index < -0.39 is 0 Å². The number of nitrogens with zero attached hydrogens (tertiary/aromatic N) is 2. The lowest BCUT2D eigenvalue weighted by Crippen LogP contribution is -2.30. The van der Waals surface area contributed by atoms with Crippen LogP contribution in [-0.2, 0) is 11.2 Å². The normalized spacial score (nSPS) is 10.4. The van der Waals surface area contributed by atoms with Crippen LogP contribution in [0.1, 0.15) is 12.5 Å². The van der Waals surface area contributed by atoms with E-state index in [1.165, 1.54) is 0 Å². The number of benzene rings is 2. The Labute approximate surface area is 158 Å². The van der Waals surface area contributed by atoms with Gasteiger partial charge in [0.15, 0.2) is 18.1 Å². The minimum absolute atomic E-state index is 0.0482. The maximum Gasteiger partial charge on any atom is 0.257 e. The molecule has 1 amide bonds. The van der Waals surface area contributed by atoms with Crippen molar-refractivity contribution in [3.8, 4) is 17.2 Å². The first-order chi connectivity index (χ1) is 13.3. The molecule has 2 aromatic carbocycles. The lowest BCUT2D eigenvalue weighted by Gasteiger charge is -2.11. The highest BCUT2D eigenvalue weighted by molar-refractivity contribution is 5.77. The zero-order chi connectivity index (χ0) is 18.9. The first-order valence-corrected chi connectivity index (χ1v) is 8.96. The molecule has 0 aliphatic heterocycles. The third kappa shape index (κ3) is 5.34. The molecule has 0 fully saturated rings. The summed E-state index contributed by atoms with van der Waals surface area (Å²) >= 11 is 0. The van der Waals surface area contributed by atoms with Gasteiger partial charge in [-0.2, -0.15) is 5.10 Å². The molecule has 0 aliphatic carbocycles. The minimum Gasteiger partial charge on any atom is -0.490 e. The predicted octanol–water partition coefficient (Wildman–Crippen LogP) is 3.01. The van der Waals surface area contributed by atoms with Gasteiger partial charge in [-0.3, -0.25) is 4.79 Å². The first kappa shape index (κ1) is 18.5. The van der Waals surface area contributed by atoms with Crippen molar-refractivity contribution in [1.29, 1.82) is 0 Å². The van der Waals surface area contributed by atoms with Crippen LogP contribution in [0.5, 0.6) is 11.5 Å². The van der Waals surface area contributed by atoms with Crippen molar-refractivity contribution in [2.24, 2.45) is 0 Å². The van der Waals surface area contributed by atoms with Crippen LogP contribution in [-0.4, -0.2) is 35.4 Å². The SMILES string of the molecule is CCOc1ccccc1OCC(=O)NCCc1cnn(-c2ccccc2)c1. The average Bonchev–Trinajstić information content (AvgIpc) is 3.17. The van der Waals surface area contributed by atoms with Gasteiger partial charge in [-0.05, 0) is 43.2 Å². The number of hydrogen-bond acceptors (Lipinski definition) is 4.